The fourth-order valence-electron chi connectivity index (χ4n) is 3.35. The van der Waals surface area contributed by atoms with Gasteiger partial charge in [-0.25, -0.2) is 0 Å². The van der Waals surface area contributed by atoms with Crippen molar-refractivity contribution in [2.75, 3.05) is 27.2 Å². The molecule has 1 fully saturated rings. The maximum Gasteiger partial charge on any atom is 0.307 e. The van der Waals surface area contributed by atoms with Crippen LogP contribution < -0.4 is 5.32 Å². The van der Waals surface area contributed by atoms with E-state index in [1.165, 1.54) is 25.5 Å². The molecule has 124 valence electrons. The number of hydrogen-bond donors (Lipinski definition) is 1. The van der Waals surface area contributed by atoms with Crippen molar-refractivity contribution in [3.63, 3.8) is 0 Å². The van der Waals surface area contributed by atoms with E-state index in [0.717, 1.165) is 38.8 Å². The summed E-state index contributed by atoms with van der Waals surface area (Å²) in [5.41, 5.74) is 0.802. The number of carbonyl (C=O) groups is 2. The molecule has 5 heteroatoms. The summed E-state index contributed by atoms with van der Waals surface area (Å²) in [4.78, 5) is 26.4. The van der Waals surface area contributed by atoms with Gasteiger partial charge in [-0.2, -0.15) is 0 Å². The normalized spacial score (nSPS) is 21.8. The summed E-state index contributed by atoms with van der Waals surface area (Å²) in [5, 5.41) is 3.16. The standard InChI is InChI=1S/C17H28N2O3/c1-19-10-8-17(9-11-19,13-16(21)22-2)18-15(20)12-14-6-4-3-5-7-14/h6H,3-5,7-13H2,1-2H3,(H,18,20). The summed E-state index contributed by atoms with van der Waals surface area (Å²) in [6, 6.07) is 0. The molecule has 0 unspecified atom stereocenters. The molecule has 1 amide bonds. The third kappa shape index (κ3) is 4.83. The van der Waals surface area contributed by atoms with Crippen LogP contribution >= 0.6 is 0 Å². The van der Waals surface area contributed by atoms with Crippen LogP contribution in [0.3, 0.4) is 0 Å². The molecule has 2 aliphatic rings. The van der Waals surface area contributed by atoms with E-state index in [0.29, 0.717) is 6.42 Å². The molecular weight excluding hydrogens is 280 g/mol. The van der Waals surface area contributed by atoms with Gasteiger partial charge in [0.05, 0.1) is 19.1 Å². The fraction of sp³-hybridized carbons (Fsp3) is 0.765. The second kappa shape index (κ2) is 7.77. The maximum atomic E-state index is 12.4. The minimum absolute atomic E-state index is 0.0432. The lowest BCUT2D eigenvalue weighted by molar-refractivity contribution is -0.143. The number of ether oxygens (including phenoxy) is 1. The largest absolute Gasteiger partial charge is 0.469 e. The Hall–Kier alpha value is -1.36. The lowest BCUT2D eigenvalue weighted by Crippen LogP contribution is -2.55. The first kappa shape index (κ1) is 17.0. The van der Waals surface area contributed by atoms with Gasteiger partial charge >= 0.3 is 5.97 Å². The van der Waals surface area contributed by atoms with E-state index in [9.17, 15) is 9.59 Å². The van der Waals surface area contributed by atoms with Crippen LogP contribution in [0.25, 0.3) is 0 Å². The Bertz CT molecular complexity index is 437. The number of nitrogens with one attached hydrogen (secondary N) is 1. The highest BCUT2D eigenvalue weighted by Gasteiger charge is 2.37. The van der Waals surface area contributed by atoms with Gasteiger partial charge in [-0.1, -0.05) is 11.6 Å². The first-order valence-corrected chi connectivity index (χ1v) is 8.27. The van der Waals surface area contributed by atoms with Crippen LogP contribution in [0.15, 0.2) is 11.6 Å². The molecule has 1 heterocycles. The second-order valence-corrected chi connectivity index (χ2v) is 6.67. The van der Waals surface area contributed by atoms with Gasteiger partial charge in [0.1, 0.15) is 0 Å². The Balaban J connectivity index is 1.97. The molecule has 2 rings (SSSR count). The van der Waals surface area contributed by atoms with Gasteiger partial charge in [0, 0.05) is 19.5 Å². The fourth-order valence-corrected chi connectivity index (χ4v) is 3.35. The highest BCUT2D eigenvalue weighted by atomic mass is 16.5. The molecule has 1 saturated heterocycles. The zero-order valence-corrected chi connectivity index (χ0v) is 13.8. The Morgan fingerprint density at radius 1 is 1.32 bits per heavy atom. The molecule has 0 aromatic rings. The van der Waals surface area contributed by atoms with Crippen LogP contribution in [0.2, 0.25) is 0 Å². The zero-order valence-electron chi connectivity index (χ0n) is 13.8. The average molecular weight is 308 g/mol. The van der Waals surface area contributed by atoms with Crippen LogP contribution in [-0.2, 0) is 14.3 Å². The predicted octanol–water partition coefficient (Wildman–Crippen LogP) is 2.02. The lowest BCUT2D eigenvalue weighted by Gasteiger charge is -2.40. The number of methoxy groups -OCH3 is 1. The summed E-state index contributed by atoms with van der Waals surface area (Å²) < 4.78 is 4.82. The number of esters is 1. The van der Waals surface area contributed by atoms with Crippen LogP contribution in [0.4, 0.5) is 0 Å². The number of carbonyl (C=O) groups excluding carboxylic acids is 2. The molecule has 1 aliphatic heterocycles. The quantitative estimate of drug-likeness (QED) is 0.623. The van der Waals surface area contributed by atoms with Gasteiger partial charge in [-0.3, -0.25) is 9.59 Å². The summed E-state index contributed by atoms with van der Waals surface area (Å²) in [6.07, 6.45) is 9.04. The minimum atomic E-state index is -0.439. The first-order valence-electron chi connectivity index (χ1n) is 8.27. The highest BCUT2D eigenvalue weighted by Crippen LogP contribution is 2.27. The lowest BCUT2D eigenvalue weighted by atomic mass is 9.84. The summed E-state index contributed by atoms with van der Waals surface area (Å²) in [5.74, 6) is -0.205. The average Bonchev–Trinajstić information content (AvgIpc) is 2.51. The summed E-state index contributed by atoms with van der Waals surface area (Å²) >= 11 is 0. The van der Waals surface area contributed by atoms with Gasteiger partial charge in [-0.05, 0) is 45.6 Å². The molecule has 22 heavy (non-hydrogen) atoms. The molecule has 1 N–H and O–H groups in total. The summed E-state index contributed by atoms with van der Waals surface area (Å²) in [6.45, 7) is 1.78. The van der Waals surface area contributed by atoms with Crippen LogP contribution in [0.5, 0.6) is 0 Å². The molecule has 5 nitrogen and oxygen atoms in total. The highest BCUT2D eigenvalue weighted by molar-refractivity contribution is 5.80. The van der Waals surface area contributed by atoms with Crippen molar-refractivity contribution in [2.45, 2.75) is 56.9 Å². The monoisotopic (exact) mass is 308 g/mol. The number of nitrogens with zero attached hydrogens (tertiary/aromatic N) is 1. The van der Waals surface area contributed by atoms with E-state index in [1.807, 2.05) is 0 Å². The Kier molecular flexibility index (Phi) is 6.00. The van der Waals surface area contributed by atoms with Crippen LogP contribution in [0.1, 0.15) is 51.4 Å². The van der Waals surface area contributed by atoms with Crippen molar-refractivity contribution < 1.29 is 14.3 Å². The smallest absolute Gasteiger partial charge is 0.307 e. The van der Waals surface area contributed by atoms with Gasteiger partial charge in [0.15, 0.2) is 0 Å². The molecule has 0 bridgehead atoms. The molecule has 0 aromatic carbocycles. The molecule has 1 aliphatic carbocycles. The number of likely N-dealkylation sites (tertiary alicyclic amines) is 1. The van der Waals surface area contributed by atoms with Crippen molar-refractivity contribution in [2.24, 2.45) is 0 Å². The van der Waals surface area contributed by atoms with E-state index in [4.69, 9.17) is 4.74 Å². The molecular formula is C17H28N2O3. The zero-order chi connectivity index (χ0) is 16.0. The molecule has 0 radical (unpaired) electrons. The van der Waals surface area contributed by atoms with Gasteiger partial charge in [0.2, 0.25) is 5.91 Å². The Morgan fingerprint density at radius 3 is 2.64 bits per heavy atom. The van der Waals surface area contributed by atoms with E-state index < -0.39 is 5.54 Å². The Morgan fingerprint density at radius 2 is 2.05 bits per heavy atom. The number of rotatable bonds is 5. The van der Waals surface area contributed by atoms with Crippen molar-refractivity contribution >= 4 is 11.9 Å². The Labute approximate surface area is 133 Å². The first-order chi connectivity index (χ1) is 10.5. The molecule has 0 atom stereocenters. The number of piperidine rings is 1. The number of amides is 1. The van der Waals surface area contributed by atoms with Crippen molar-refractivity contribution in [1.82, 2.24) is 10.2 Å². The van der Waals surface area contributed by atoms with Crippen molar-refractivity contribution in [1.29, 1.82) is 0 Å². The maximum absolute atomic E-state index is 12.4. The molecule has 0 aromatic heterocycles. The second-order valence-electron chi connectivity index (χ2n) is 6.67. The van der Waals surface area contributed by atoms with E-state index in [1.54, 1.807) is 0 Å². The van der Waals surface area contributed by atoms with E-state index >= 15 is 0 Å². The van der Waals surface area contributed by atoms with E-state index in [-0.39, 0.29) is 18.3 Å². The van der Waals surface area contributed by atoms with Crippen LogP contribution in [-0.4, -0.2) is 49.6 Å². The van der Waals surface area contributed by atoms with Gasteiger partial charge in [-0.15, -0.1) is 0 Å². The predicted molar refractivity (Wildman–Crippen MR) is 85.4 cm³/mol. The van der Waals surface area contributed by atoms with Crippen molar-refractivity contribution in [3.05, 3.63) is 11.6 Å². The van der Waals surface area contributed by atoms with E-state index in [2.05, 4.69) is 23.3 Å². The number of allylic oxidation sites excluding steroid dienone is 1. The number of hydrogen-bond acceptors (Lipinski definition) is 4. The topological polar surface area (TPSA) is 58.6 Å². The molecule has 0 spiro atoms. The molecule has 0 saturated carbocycles. The SMILES string of the molecule is COC(=O)CC1(NC(=O)CC2=CCCCC2)CCN(C)CC1. The van der Waals surface area contributed by atoms with Gasteiger partial charge < -0.3 is 15.0 Å². The van der Waals surface area contributed by atoms with Crippen molar-refractivity contribution in [3.8, 4) is 0 Å². The van der Waals surface area contributed by atoms with Crippen LogP contribution in [0, 0.1) is 0 Å². The third-order valence-corrected chi connectivity index (χ3v) is 4.83. The minimum Gasteiger partial charge on any atom is -0.469 e. The van der Waals surface area contributed by atoms with Gasteiger partial charge in [0.25, 0.3) is 0 Å². The summed E-state index contributed by atoms with van der Waals surface area (Å²) in [7, 11) is 3.47. The third-order valence-electron chi connectivity index (χ3n) is 4.83.